The molecule has 0 heterocycles. The van der Waals surface area contributed by atoms with E-state index < -0.39 is 7.92 Å². The molecular formula is C23H27ClNP. The first kappa shape index (κ1) is 20.6. The molecule has 3 aromatic carbocycles. The van der Waals surface area contributed by atoms with E-state index in [0.717, 1.165) is 13.1 Å². The summed E-state index contributed by atoms with van der Waals surface area (Å²) in [5.74, 6) is 0.385. The Bertz CT molecular complexity index is 705. The van der Waals surface area contributed by atoms with E-state index in [4.69, 9.17) is 0 Å². The molecule has 3 rings (SSSR count). The van der Waals surface area contributed by atoms with Crippen molar-refractivity contribution >= 4 is 30.9 Å². The zero-order valence-electron chi connectivity index (χ0n) is 15.5. The molecule has 0 fully saturated rings. The highest BCUT2D eigenvalue weighted by atomic mass is 35.5. The van der Waals surface area contributed by atoms with Crippen molar-refractivity contribution in [3.05, 3.63) is 96.6 Å². The summed E-state index contributed by atoms with van der Waals surface area (Å²) in [7, 11) is -0.516. The SMILES string of the molecule is CCN(CC)C(c1ccccc1)P(c1ccccc1)c1ccccc1.Cl. The summed E-state index contributed by atoms with van der Waals surface area (Å²) in [4.78, 5) is 2.60. The average molecular weight is 384 g/mol. The van der Waals surface area contributed by atoms with Gasteiger partial charge in [0.1, 0.15) is 0 Å². The predicted octanol–water partition coefficient (Wildman–Crippen LogP) is 5.58. The molecule has 0 bridgehead atoms. The van der Waals surface area contributed by atoms with Crippen LogP contribution in [0.4, 0.5) is 0 Å². The minimum absolute atomic E-state index is 0. The number of hydrogen-bond acceptors (Lipinski definition) is 1. The maximum absolute atomic E-state index is 2.60. The van der Waals surface area contributed by atoms with Crippen molar-refractivity contribution in [1.82, 2.24) is 4.90 Å². The molecule has 0 aliphatic rings. The van der Waals surface area contributed by atoms with Crippen LogP contribution in [0.25, 0.3) is 0 Å². The summed E-state index contributed by atoms with van der Waals surface area (Å²) < 4.78 is 0. The standard InChI is InChI=1S/C23H26NP.ClH/c1-3-24(4-2)23(20-14-8-5-9-15-20)25(21-16-10-6-11-17-21)22-18-12-7-13-19-22;/h5-19,23H,3-4H2,1-2H3;1H. The van der Waals surface area contributed by atoms with Crippen molar-refractivity contribution in [3.8, 4) is 0 Å². The quantitative estimate of drug-likeness (QED) is 0.481. The summed E-state index contributed by atoms with van der Waals surface area (Å²) in [6, 6.07) is 33.0. The average Bonchev–Trinajstić information content (AvgIpc) is 2.70. The second kappa shape index (κ2) is 10.5. The van der Waals surface area contributed by atoms with Gasteiger partial charge in [-0.15, -0.1) is 12.4 Å². The van der Waals surface area contributed by atoms with E-state index in [-0.39, 0.29) is 12.4 Å². The molecular weight excluding hydrogens is 357 g/mol. The van der Waals surface area contributed by atoms with Crippen molar-refractivity contribution in [2.24, 2.45) is 0 Å². The lowest BCUT2D eigenvalue weighted by Crippen LogP contribution is -2.32. The molecule has 3 heteroatoms. The van der Waals surface area contributed by atoms with Gasteiger partial charge < -0.3 is 0 Å². The van der Waals surface area contributed by atoms with Gasteiger partial charge >= 0.3 is 0 Å². The van der Waals surface area contributed by atoms with Gasteiger partial charge in [0.15, 0.2) is 0 Å². The zero-order chi connectivity index (χ0) is 17.5. The van der Waals surface area contributed by atoms with E-state index in [9.17, 15) is 0 Å². The highest BCUT2D eigenvalue weighted by Gasteiger charge is 2.29. The molecule has 1 atom stereocenters. The molecule has 0 aromatic heterocycles. The van der Waals surface area contributed by atoms with Gasteiger partial charge in [-0.3, -0.25) is 4.90 Å². The topological polar surface area (TPSA) is 3.24 Å². The largest absolute Gasteiger partial charge is 0.293 e. The fraction of sp³-hybridized carbons (Fsp3) is 0.217. The maximum Gasteiger partial charge on any atom is 0.0630 e. The van der Waals surface area contributed by atoms with E-state index in [1.54, 1.807) is 0 Å². The Morgan fingerprint density at radius 2 is 1.04 bits per heavy atom. The van der Waals surface area contributed by atoms with Crippen LogP contribution >= 0.6 is 20.3 Å². The Morgan fingerprint density at radius 1 is 0.654 bits per heavy atom. The highest BCUT2D eigenvalue weighted by Crippen LogP contribution is 2.51. The summed E-state index contributed by atoms with van der Waals surface area (Å²) >= 11 is 0. The van der Waals surface area contributed by atoms with Crippen LogP contribution in [0.5, 0.6) is 0 Å². The van der Waals surface area contributed by atoms with Gasteiger partial charge in [-0.1, -0.05) is 105 Å². The van der Waals surface area contributed by atoms with E-state index >= 15 is 0 Å². The van der Waals surface area contributed by atoms with Crippen molar-refractivity contribution in [2.45, 2.75) is 19.6 Å². The first-order valence-corrected chi connectivity index (χ1v) is 10.4. The van der Waals surface area contributed by atoms with Crippen LogP contribution in [0.15, 0.2) is 91.0 Å². The second-order valence-electron chi connectivity index (χ2n) is 6.05. The molecule has 0 saturated heterocycles. The van der Waals surface area contributed by atoms with Crippen LogP contribution < -0.4 is 10.6 Å². The van der Waals surface area contributed by atoms with Crippen LogP contribution in [0, 0.1) is 0 Å². The molecule has 0 saturated carbocycles. The molecule has 1 unspecified atom stereocenters. The molecule has 0 radical (unpaired) electrons. The van der Waals surface area contributed by atoms with Crippen molar-refractivity contribution in [2.75, 3.05) is 13.1 Å². The van der Waals surface area contributed by atoms with Gasteiger partial charge in [0.25, 0.3) is 0 Å². The summed E-state index contributed by atoms with van der Waals surface area (Å²) in [5, 5.41) is 2.87. The lowest BCUT2D eigenvalue weighted by molar-refractivity contribution is 0.284. The Kier molecular flexibility index (Phi) is 8.32. The van der Waals surface area contributed by atoms with Crippen molar-refractivity contribution in [1.29, 1.82) is 0 Å². The molecule has 0 aliphatic heterocycles. The van der Waals surface area contributed by atoms with Gasteiger partial charge in [0.2, 0.25) is 0 Å². The van der Waals surface area contributed by atoms with E-state index in [0.29, 0.717) is 5.78 Å². The Labute approximate surface area is 165 Å². The van der Waals surface area contributed by atoms with E-state index in [2.05, 4.69) is 110 Å². The van der Waals surface area contributed by atoms with Crippen LogP contribution in [-0.2, 0) is 0 Å². The lowest BCUT2D eigenvalue weighted by atomic mass is 10.2. The number of halogens is 1. The van der Waals surface area contributed by atoms with Crippen LogP contribution in [0.1, 0.15) is 25.2 Å². The predicted molar refractivity (Wildman–Crippen MR) is 118 cm³/mol. The van der Waals surface area contributed by atoms with Crippen molar-refractivity contribution in [3.63, 3.8) is 0 Å². The van der Waals surface area contributed by atoms with Gasteiger partial charge in [0.05, 0.1) is 5.78 Å². The third-order valence-electron chi connectivity index (χ3n) is 4.57. The first-order chi connectivity index (χ1) is 12.3. The Balaban J connectivity index is 0.00000243. The summed E-state index contributed by atoms with van der Waals surface area (Å²) in [5.41, 5.74) is 1.41. The first-order valence-electron chi connectivity index (χ1n) is 9.03. The second-order valence-corrected chi connectivity index (χ2v) is 8.31. The van der Waals surface area contributed by atoms with E-state index in [1.807, 2.05) is 0 Å². The smallest absolute Gasteiger partial charge is 0.0630 e. The normalized spacial score (nSPS) is 12.0. The van der Waals surface area contributed by atoms with Crippen LogP contribution in [-0.4, -0.2) is 18.0 Å². The molecule has 0 N–H and O–H groups in total. The van der Waals surface area contributed by atoms with Gasteiger partial charge in [-0.25, -0.2) is 0 Å². The van der Waals surface area contributed by atoms with Gasteiger partial charge in [-0.2, -0.15) is 0 Å². The fourth-order valence-corrected chi connectivity index (χ4v) is 6.30. The van der Waals surface area contributed by atoms with E-state index in [1.165, 1.54) is 16.2 Å². The Morgan fingerprint density at radius 3 is 1.42 bits per heavy atom. The third kappa shape index (κ3) is 4.74. The zero-order valence-corrected chi connectivity index (χ0v) is 17.2. The maximum atomic E-state index is 2.60. The number of nitrogens with zero attached hydrogens (tertiary/aromatic N) is 1. The van der Waals surface area contributed by atoms with Crippen LogP contribution in [0.3, 0.4) is 0 Å². The fourth-order valence-electron chi connectivity index (χ4n) is 3.33. The molecule has 26 heavy (non-hydrogen) atoms. The molecule has 1 nitrogen and oxygen atoms in total. The lowest BCUT2D eigenvalue weighted by Gasteiger charge is -2.37. The molecule has 136 valence electrons. The third-order valence-corrected chi connectivity index (χ3v) is 7.39. The highest BCUT2D eigenvalue weighted by molar-refractivity contribution is 7.73. The van der Waals surface area contributed by atoms with Gasteiger partial charge in [0, 0.05) is 0 Å². The molecule has 0 amide bonds. The minimum Gasteiger partial charge on any atom is -0.293 e. The number of rotatable bonds is 7. The minimum atomic E-state index is -0.516. The molecule has 3 aromatic rings. The Hall–Kier alpha value is -1.66. The number of hydrogen-bond donors (Lipinski definition) is 0. The van der Waals surface area contributed by atoms with Crippen molar-refractivity contribution < 1.29 is 0 Å². The monoisotopic (exact) mass is 383 g/mol. The summed E-state index contributed by atoms with van der Waals surface area (Å²) in [6.45, 7) is 6.63. The molecule has 0 spiro atoms. The van der Waals surface area contributed by atoms with Gasteiger partial charge in [-0.05, 0) is 37.2 Å². The molecule has 0 aliphatic carbocycles. The summed E-state index contributed by atoms with van der Waals surface area (Å²) in [6.07, 6.45) is 0. The number of benzene rings is 3. The van der Waals surface area contributed by atoms with Crippen LogP contribution in [0.2, 0.25) is 0 Å².